The number of hydrogen-bond donors (Lipinski definition) is 1. The molecule has 0 atom stereocenters. The van der Waals surface area contributed by atoms with Gasteiger partial charge in [-0.15, -0.1) is 0 Å². The number of aryl methyl sites for hydroxylation is 1. The maximum absolute atomic E-state index is 5.66. The van der Waals surface area contributed by atoms with Crippen molar-refractivity contribution in [3.05, 3.63) is 30.0 Å². The molecule has 1 heterocycles. The smallest absolute Gasteiger partial charge is 0.119 e. The van der Waals surface area contributed by atoms with Crippen LogP contribution in [0.15, 0.2) is 24.4 Å². The normalized spacial score (nSPS) is 11.0. The van der Waals surface area contributed by atoms with Crippen molar-refractivity contribution in [3.63, 3.8) is 0 Å². The highest BCUT2D eigenvalue weighted by molar-refractivity contribution is 5.85. The average molecular weight is 232 g/mol. The standard InChI is InChI=1S/C14H20N2O/c1-3-8-16-10-11(6-7-15)13-9-12(17-2)4-5-14(13)16/h4-5,9-10H,3,6-8,15H2,1-2H3. The molecule has 3 heteroatoms. The highest BCUT2D eigenvalue weighted by Gasteiger charge is 2.08. The summed E-state index contributed by atoms with van der Waals surface area (Å²) in [6, 6.07) is 6.25. The molecule has 0 spiro atoms. The largest absolute Gasteiger partial charge is 0.497 e. The summed E-state index contributed by atoms with van der Waals surface area (Å²) in [6.45, 7) is 3.92. The Balaban J connectivity index is 2.54. The van der Waals surface area contributed by atoms with Crippen LogP contribution in [-0.2, 0) is 13.0 Å². The van der Waals surface area contributed by atoms with Crippen LogP contribution in [0.4, 0.5) is 0 Å². The monoisotopic (exact) mass is 232 g/mol. The molecule has 0 aliphatic rings. The number of ether oxygens (including phenoxy) is 1. The van der Waals surface area contributed by atoms with E-state index in [4.69, 9.17) is 10.5 Å². The van der Waals surface area contributed by atoms with Crippen molar-refractivity contribution in [2.75, 3.05) is 13.7 Å². The Hall–Kier alpha value is -1.48. The molecule has 0 saturated heterocycles. The molecular formula is C14H20N2O. The molecule has 2 rings (SSSR count). The summed E-state index contributed by atoms with van der Waals surface area (Å²) in [6.07, 6.45) is 4.28. The van der Waals surface area contributed by atoms with Crippen LogP contribution in [-0.4, -0.2) is 18.2 Å². The SMILES string of the molecule is CCCn1cc(CCN)c2cc(OC)ccc21. The second-order valence-corrected chi connectivity index (χ2v) is 4.27. The molecule has 0 bridgehead atoms. The van der Waals surface area contributed by atoms with Gasteiger partial charge >= 0.3 is 0 Å². The molecule has 0 saturated carbocycles. The molecular weight excluding hydrogens is 212 g/mol. The quantitative estimate of drug-likeness (QED) is 0.860. The van der Waals surface area contributed by atoms with Crippen molar-refractivity contribution >= 4 is 10.9 Å². The molecule has 3 nitrogen and oxygen atoms in total. The van der Waals surface area contributed by atoms with Gasteiger partial charge in [-0.2, -0.15) is 0 Å². The zero-order valence-electron chi connectivity index (χ0n) is 10.6. The Morgan fingerprint density at radius 1 is 1.35 bits per heavy atom. The number of fused-ring (bicyclic) bond motifs is 1. The van der Waals surface area contributed by atoms with Crippen LogP contribution in [0.2, 0.25) is 0 Å². The number of nitrogens with two attached hydrogens (primary N) is 1. The van der Waals surface area contributed by atoms with Crippen LogP contribution < -0.4 is 10.5 Å². The van der Waals surface area contributed by atoms with Crippen LogP contribution in [0.3, 0.4) is 0 Å². The molecule has 17 heavy (non-hydrogen) atoms. The van der Waals surface area contributed by atoms with E-state index in [1.165, 1.54) is 16.5 Å². The summed E-state index contributed by atoms with van der Waals surface area (Å²) >= 11 is 0. The van der Waals surface area contributed by atoms with Crippen LogP contribution in [0, 0.1) is 0 Å². The van der Waals surface area contributed by atoms with E-state index in [-0.39, 0.29) is 0 Å². The lowest BCUT2D eigenvalue weighted by Gasteiger charge is -2.04. The van der Waals surface area contributed by atoms with Gasteiger partial charge in [-0.1, -0.05) is 6.92 Å². The van der Waals surface area contributed by atoms with Gasteiger partial charge in [-0.05, 0) is 43.1 Å². The van der Waals surface area contributed by atoms with Crippen molar-refractivity contribution in [1.29, 1.82) is 0 Å². The maximum atomic E-state index is 5.66. The molecule has 2 N–H and O–H groups in total. The molecule has 0 radical (unpaired) electrons. The number of nitrogens with zero attached hydrogens (tertiary/aromatic N) is 1. The van der Waals surface area contributed by atoms with Gasteiger partial charge in [0.25, 0.3) is 0 Å². The third-order valence-corrected chi connectivity index (χ3v) is 3.05. The lowest BCUT2D eigenvalue weighted by molar-refractivity contribution is 0.415. The minimum Gasteiger partial charge on any atom is -0.497 e. The van der Waals surface area contributed by atoms with Gasteiger partial charge in [-0.25, -0.2) is 0 Å². The van der Waals surface area contributed by atoms with Gasteiger partial charge in [0.15, 0.2) is 0 Å². The summed E-state index contributed by atoms with van der Waals surface area (Å²) in [7, 11) is 1.70. The van der Waals surface area contributed by atoms with Crippen LogP contribution in [0.25, 0.3) is 10.9 Å². The zero-order valence-corrected chi connectivity index (χ0v) is 10.6. The molecule has 1 aromatic heterocycles. The molecule has 0 unspecified atom stereocenters. The third kappa shape index (κ3) is 2.29. The highest BCUT2D eigenvalue weighted by atomic mass is 16.5. The van der Waals surface area contributed by atoms with Gasteiger partial charge in [0, 0.05) is 23.6 Å². The van der Waals surface area contributed by atoms with Gasteiger partial charge in [-0.3, -0.25) is 0 Å². The van der Waals surface area contributed by atoms with Gasteiger partial charge < -0.3 is 15.0 Å². The summed E-state index contributed by atoms with van der Waals surface area (Å²) in [5, 5.41) is 1.27. The van der Waals surface area contributed by atoms with E-state index in [0.717, 1.165) is 25.1 Å². The van der Waals surface area contributed by atoms with E-state index >= 15 is 0 Å². The fourth-order valence-corrected chi connectivity index (χ4v) is 2.26. The Bertz CT molecular complexity index is 502. The average Bonchev–Trinajstić information content (AvgIpc) is 2.68. The predicted molar refractivity (Wildman–Crippen MR) is 71.5 cm³/mol. The van der Waals surface area contributed by atoms with Crippen molar-refractivity contribution in [3.8, 4) is 5.75 Å². The number of methoxy groups -OCH3 is 1. The van der Waals surface area contributed by atoms with E-state index in [1.54, 1.807) is 7.11 Å². The second-order valence-electron chi connectivity index (χ2n) is 4.27. The first kappa shape index (κ1) is 12.0. The minimum absolute atomic E-state index is 0.683. The fraction of sp³-hybridized carbons (Fsp3) is 0.429. The summed E-state index contributed by atoms with van der Waals surface area (Å²) in [5.41, 5.74) is 8.25. The minimum atomic E-state index is 0.683. The van der Waals surface area contributed by atoms with E-state index in [9.17, 15) is 0 Å². The van der Waals surface area contributed by atoms with Crippen molar-refractivity contribution < 1.29 is 4.74 Å². The van der Waals surface area contributed by atoms with Crippen molar-refractivity contribution in [1.82, 2.24) is 4.57 Å². The Morgan fingerprint density at radius 2 is 2.18 bits per heavy atom. The van der Waals surface area contributed by atoms with E-state index < -0.39 is 0 Å². The second kappa shape index (κ2) is 5.23. The third-order valence-electron chi connectivity index (χ3n) is 3.05. The van der Waals surface area contributed by atoms with E-state index in [0.29, 0.717) is 6.54 Å². The van der Waals surface area contributed by atoms with Gasteiger partial charge in [0.2, 0.25) is 0 Å². The van der Waals surface area contributed by atoms with E-state index in [2.05, 4.69) is 29.8 Å². The Morgan fingerprint density at radius 3 is 2.82 bits per heavy atom. The maximum Gasteiger partial charge on any atom is 0.119 e. The number of aromatic nitrogens is 1. The Labute approximate surface area is 102 Å². The molecule has 0 aliphatic heterocycles. The molecule has 2 aromatic rings. The first-order valence-electron chi connectivity index (χ1n) is 6.16. The topological polar surface area (TPSA) is 40.2 Å². The highest BCUT2D eigenvalue weighted by Crippen LogP contribution is 2.26. The lowest BCUT2D eigenvalue weighted by Crippen LogP contribution is -2.02. The van der Waals surface area contributed by atoms with E-state index in [1.807, 2.05) is 6.07 Å². The molecule has 0 fully saturated rings. The molecule has 0 amide bonds. The molecule has 0 aliphatic carbocycles. The van der Waals surface area contributed by atoms with Gasteiger partial charge in [0.1, 0.15) is 5.75 Å². The van der Waals surface area contributed by atoms with Crippen LogP contribution >= 0.6 is 0 Å². The summed E-state index contributed by atoms with van der Waals surface area (Å²) in [5.74, 6) is 0.907. The van der Waals surface area contributed by atoms with Gasteiger partial charge in [0.05, 0.1) is 7.11 Å². The van der Waals surface area contributed by atoms with Crippen LogP contribution in [0.5, 0.6) is 5.75 Å². The first-order valence-corrected chi connectivity index (χ1v) is 6.16. The van der Waals surface area contributed by atoms with Crippen molar-refractivity contribution in [2.24, 2.45) is 5.73 Å². The number of rotatable bonds is 5. The summed E-state index contributed by atoms with van der Waals surface area (Å²) < 4.78 is 7.59. The first-order chi connectivity index (χ1) is 8.30. The lowest BCUT2D eigenvalue weighted by atomic mass is 10.1. The fourth-order valence-electron chi connectivity index (χ4n) is 2.26. The number of hydrogen-bond acceptors (Lipinski definition) is 2. The zero-order chi connectivity index (χ0) is 12.3. The predicted octanol–water partition coefficient (Wildman–Crippen LogP) is 2.56. The Kier molecular flexibility index (Phi) is 3.69. The number of benzene rings is 1. The summed E-state index contributed by atoms with van der Waals surface area (Å²) in [4.78, 5) is 0. The molecule has 92 valence electrons. The molecule has 1 aromatic carbocycles. The van der Waals surface area contributed by atoms with Crippen molar-refractivity contribution in [2.45, 2.75) is 26.3 Å². The van der Waals surface area contributed by atoms with Crippen LogP contribution in [0.1, 0.15) is 18.9 Å².